The molecule has 3 heterocycles. The molecule has 4 aromatic carbocycles. The van der Waals surface area contributed by atoms with Gasteiger partial charge in [0.25, 0.3) is 0 Å². The lowest BCUT2D eigenvalue weighted by atomic mass is 9.64. The lowest BCUT2D eigenvalue weighted by molar-refractivity contribution is -0.121. The molecule has 0 saturated carbocycles. The number of anilines is 2. The SMILES string of the molecule is CC1=C[C@H]2N(c3ccccc31)[C@@H](C(=O)c1ccccc1)[C@@H](C(=O)c1ccc(Br)cc1)[C@@]21C(=O)Nc2ccccc21. The third-order valence-corrected chi connectivity index (χ3v) is 9.15. The molecule has 3 aliphatic rings. The summed E-state index contributed by atoms with van der Waals surface area (Å²) in [6, 6.07) is 30.3. The van der Waals surface area contributed by atoms with Gasteiger partial charge in [-0.2, -0.15) is 0 Å². The van der Waals surface area contributed by atoms with Crippen molar-refractivity contribution in [1.82, 2.24) is 0 Å². The van der Waals surface area contributed by atoms with Crippen LogP contribution in [-0.4, -0.2) is 29.6 Å². The highest BCUT2D eigenvalue weighted by atomic mass is 79.9. The number of Topliss-reactive ketones (excluding diaryl/α,β-unsaturated/α-hetero) is 2. The molecule has 3 aliphatic heterocycles. The van der Waals surface area contributed by atoms with Crippen LogP contribution in [0.3, 0.4) is 0 Å². The minimum Gasteiger partial charge on any atom is -0.352 e. The van der Waals surface area contributed by atoms with Crippen molar-refractivity contribution in [2.45, 2.75) is 24.4 Å². The van der Waals surface area contributed by atoms with Crippen molar-refractivity contribution in [1.29, 1.82) is 0 Å². The van der Waals surface area contributed by atoms with Crippen molar-refractivity contribution in [3.05, 3.63) is 136 Å². The number of rotatable bonds is 4. The summed E-state index contributed by atoms with van der Waals surface area (Å²) in [5, 5.41) is 3.08. The molecule has 0 aromatic heterocycles. The Labute approximate surface area is 240 Å². The number of nitrogens with one attached hydrogen (secondary N) is 1. The normalized spacial score (nSPS) is 24.1. The molecule has 4 aromatic rings. The Hall–Kier alpha value is -4.29. The molecule has 1 spiro atoms. The molecular weight excluding hydrogens is 564 g/mol. The van der Waals surface area contributed by atoms with E-state index in [0.29, 0.717) is 16.8 Å². The average molecular weight is 589 g/mol. The van der Waals surface area contributed by atoms with Crippen LogP contribution in [0.15, 0.2) is 114 Å². The van der Waals surface area contributed by atoms with Gasteiger partial charge in [-0.25, -0.2) is 0 Å². The molecule has 5 nitrogen and oxygen atoms in total. The number of amides is 1. The van der Waals surface area contributed by atoms with Gasteiger partial charge in [-0.05, 0) is 42.3 Å². The van der Waals surface area contributed by atoms with Gasteiger partial charge in [0.05, 0.1) is 12.0 Å². The standard InChI is InChI=1S/C34H25BrN2O3/c1-20-19-28-34(25-12-6-7-13-26(25)36-33(34)40)29(31(38)22-15-17-23(35)18-16-22)30(32(39)21-9-3-2-4-10-21)37(28)27-14-8-5-11-24(20)27/h2-19,28-30H,1H3,(H,36,40)/t28-,29+,30-,34+/m1/s1. The monoisotopic (exact) mass is 588 g/mol. The topological polar surface area (TPSA) is 66.5 Å². The molecule has 7 rings (SSSR count). The van der Waals surface area contributed by atoms with E-state index in [1.165, 1.54) is 0 Å². The van der Waals surface area contributed by atoms with Crippen LogP contribution >= 0.6 is 15.9 Å². The van der Waals surface area contributed by atoms with Crippen LogP contribution in [-0.2, 0) is 10.2 Å². The number of hydrogen-bond acceptors (Lipinski definition) is 4. The van der Waals surface area contributed by atoms with Crippen LogP contribution in [0, 0.1) is 5.92 Å². The second-order valence-corrected chi connectivity index (χ2v) is 11.5. The van der Waals surface area contributed by atoms with E-state index in [-0.39, 0.29) is 17.5 Å². The van der Waals surface area contributed by atoms with Gasteiger partial charge in [0.15, 0.2) is 11.6 Å². The molecule has 1 fully saturated rings. The Balaban J connectivity index is 1.56. The largest absolute Gasteiger partial charge is 0.352 e. The van der Waals surface area contributed by atoms with E-state index in [2.05, 4.69) is 27.3 Å². The number of benzene rings is 4. The number of fused-ring (bicyclic) bond motifs is 6. The maximum Gasteiger partial charge on any atom is 0.238 e. The molecule has 6 heteroatoms. The van der Waals surface area contributed by atoms with Gasteiger partial charge >= 0.3 is 0 Å². The number of ketones is 2. The van der Waals surface area contributed by atoms with Crippen molar-refractivity contribution in [3.8, 4) is 0 Å². The molecule has 0 radical (unpaired) electrons. The summed E-state index contributed by atoms with van der Waals surface area (Å²) in [5.41, 5.74) is 3.93. The maximum absolute atomic E-state index is 14.8. The Morgan fingerprint density at radius 2 is 1.45 bits per heavy atom. The fourth-order valence-corrected chi connectivity index (χ4v) is 7.22. The first-order chi connectivity index (χ1) is 19.4. The number of allylic oxidation sites excluding steroid dienone is 1. The van der Waals surface area contributed by atoms with E-state index in [4.69, 9.17) is 0 Å². The van der Waals surface area contributed by atoms with Crippen molar-refractivity contribution in [3.63, 3.8) is 0 Å². The van der Waals surface area contributed by atoms with E-state index in [9.17, 15) is 14.4 Å². The van der Waals surface area contributed by atoms with Crippen LogP contribution in [0.5, 0.6) is 0 Å². The molecule has 1 saturated heterocycles. The highest BCUT2D eigenvalue weighted by Crippen LogP contribution is 2.58. The molecule has 40 heavy (non-hydrogen) atoms. The van der Waals surface area contributed by atoms with Crippen molar-refractivity contribution in [2.75, 3.05) is 10.2 Å². The summed E-state index contributed by atoms with van der Waals surface area (Å²) in [7, 11) is 0. The van der Waals surface area contributed by atoms with Gasteiger partial charge < -0.3 is 10.2 Å². The first-order valence-electron chi connectivity index (χ1n) is 13.3. The van der Waals surface area contributed by atoms with Crippen molar-refractivity contribution in [2.24, 2.45) is 5.92 Å². The summed E-state index contributed by atoms with van der Waals surface area (Å²) in [5.74, 6) is -1.65. The molecule has 1 N–H and O–H groups in total. The van der Waals surface area contributed by atoms with Gasteiger partial charge in [-0.15, -0.1) is 0 Å². The highest BCUT2D eigenvalue weighted by molar-refractivity contribution is 9.10. The highest BCUT2D eigenvalue weighted by Gasteiger charge is 2.70. The van der Waals surface area contributed by atoms with Crippen LogP contribution in [0.2, 0.25) is 0 Å². The van der Waals surface area contributed by atoms with Crippen LogP contribution < -0.4 is 10.2 Å². The fourth-order valence-electron chi connectivity index (χ4n) is 6.95. The lowest BCUT2D eigenvalue weighted by Crippen LogP contribution is -2.51. The van der Waals surface area contributed by atoms with E-state index in [1.807, 2.05) is 90.7 Å². The van der Waals surface area contributed by atoms with E-state index in [0.717, 1.165) is 26.9 Å². The summed E-state index contributed by atoms with van der Waals surface area (Å²) in [6.07, 6.45) is 2.07. The summed E-state index contributed by atoms with van der Waals surface area (Å²) in [6.45, 7) is 2.03. The van der Waals surface area contributed by atoms with Crippen LogP contribution in [0.25, 0.3) is 5.57 Å². The lowest BCUT2D eigenvalue weighted by Gasteiger charge is -2.39. The second kappa shape index (κ2) is 9.14. The predicted molar refractivity (Wildman–Crippen MR) is 160 cm³/mol. The van der Waals surface area contributed by atoms with Crippen molar-refractivity contribution >= 4 is 50.4 Å². The second-order valence-electron chi connectivity index (χ2n) is 10.6. The minimum atomic E-state index is -1.31. The Morgan fingerprint density at radius 3 is 2.23 bits per heavy atom. The number of hydrogen-bond donors (Lipinski definition) is 1. The Bertz CT molecular complexity index is 1730. The van der Waals surface area contributed by atoms with Gasteiger partial charge in [0.2, 0.25) is 5.91 Å². The zero-order valence-corrected chi connectivity index (χ0v) is 23.3. The van der Waals surface area contributed by atoms with E-state index >= 15 is 0 Å². The maximum atomic E-state index is 14.8. The average Bonchev–Trinajstić information content (AvgIpc) is 3.45. The third kappa shape index (κ3) is 3.35. The van der Waals surface area contributed by atoms with Gasteiger partial charge in [0.1, 0.15) is 11.5 Å². The summed E-state index contributed by atoms with van der Waals surface area (Å²) >= 11 is 3.46. The summed E-state index contributed by atoms with van der Waals surface area (Å²) < 4.78 is 0.843. The van der Waals surface area contributed by atoms with E-state index < -0.39 is 23.4 Å². The number of para-hydroxylation sites is 2. The zero-order valence-electron chi connectivity index (χ0n) is 21.7. The third-order valence-electron chi connectivity index (χ3n) is 8.62. The zero-order chi connectivity index (χ0) is 27.6. The smallest absolute Gasteiger partial charge is 0.238 e. The van der Waals surface area contributed by atoms with Gasteiger partial charge in [-0.1, -0.05) is 101 Å². The number of carbonyl (C=O) groups excluding carboxylic acids is 3. The minimum absolute atomic E-state index is 0.183. The molecule has 0 unspecified atom stereocenters. The molecular formula is C34H25BrN2O3. The van der Waals surface area contributed by atoms with Crippen molar-refractivity contribution < 1.29 is 14.4 Å². The molecule has 0 bridgehead atoms. The van der Waals surface area contributed by atoms with Gasteiger partial charge in [0, 0.05) is 32.5 Å². The van der Waals surface area contributed by atoms with Gasteiger partial charge in [-0.3, -0.25) is 14.4 Å². The number of carbonyl (C=O) groups is 3. The number of halogens is 1. The predicted octanol–water partition coefficient (Wildman–Crippen LogP) is 6.70. The quantitative estimate of drug-likeness (QED) is 0.269. The first-order valence-corrected chi connectivity index (χ1v) is 14.1. The summed E-state index contributed by atoms with van der Waals surface area (Å²) in [4.78, 5) is 45.8. The first kappa shape index (κ1) is 24.7. The molecule has 1 amide bonds. The van der Waals surface area contributed by atoms with E-state index in [1.54, 1.807) is 24.3 Å². The Kier molecular flexibility index (Phi) is 5.65. The Morgan fingerprint density at radius 1 is 0.800 bits per heavy atom. The molecule has 0 aliphatic carbocycles. The number of nitrogens with zero attached hydrogens (tertiary/aromatic N) is 1. The molecule has 4 atom stereocenters. The van der Waals surface area contributed by atoms with Crippen LogP contribution in [0.4, 0.5) is 11.4 Å². The fraction of sp³-hybridized carbons (Fsp3) is 0.147. The van der Waals surface area contributed by atoms with Crippen LogP contribution in [0.1, 0.15) is 38.8 Å². The molecule has 196 valence electrons.